The molecule has 2 atom stereocenters. The first-order valence-electron chi connectivity index (χ1n) is 9.80. The van der Waals surface area contributed by atoms with E-state index in [4.69, 9.17) is 0 Å². The standard InChI is InChI=1S/C24H33NO/c1-17(2)15-20-11-13-21(14-12-20)19(5)24(26)25-16-23(18(3)4)22-9-7-6-8-10-22/h6-14,17-19,23H,15-16H2,1-5H3,(H,25,26)/t19-,23+/m0/s1. The molecule has 0 heterocycles. The van der Waals surface area contributed by atoms with Crippen LogP contribution in [0.2, 0.25) is 0 Å². The molecule has 0 bridgehead atoms. The zero-order valence-electron chi connectivity index (χ0n) is 16.8. The second-order valence-corrected chi connectivity index (χ2v) is 8.07. The fourth-order valence-corrected chi connectivity index (χ4v) is 3.37. The molecule has 140 valence electrons. The number of benzene rings is 2. The Morgan fingerprint density at radius 1 is 0.846 bits per heavy atom. The molecule has 0 spiro atoms. The minimum absolute atomic E-state index is 0.100. The highest BCUT2D eigenvalue weighted by atomic mass is 16.1. The van der Waals surface area contributed by atoms with Gasteiger partial charge in [0.25, 0.3) is 0 Å². The van der Waals surface area contributed by atoms with Crippen LogP contribution in [-0.2, 0) is 11.2 Å². The predicted molar refractivity (Wildman–Crippen MR) is 110 cm³/mol. The van der Waals surface area contributed by atoms with Gasteiger partial charge in [-0.25, -0.2) is 0 Å². The Morgan fingerprint density at radius 2 is 1.46 bits per heavy atom. The van der Waals surface area contributed by atoms with Crippen LogP contribution < -0.4 is 5.32 Å². The lowest BCUT2D eigenvalue weighted by atomic mass is 9.88. The lowest BCUT2D eigenvalue weighted by Crippen LogP contribution is -2.33. The maximum atomic E-state index is 12.7. The average Bonchev–Trinajstić information content (AvgIpc) is 2.62. The van der Waals surface area contributed by atoms with E-state index in [1.165, 1.54) is 11.1 Å². The van der Waals surface area contributed by atoms with Crippen LogP contribution in [0.3, 0.4) is 0 Å². The minimum Gasteiger partial charge on any atom is -0.355 e. The lowest BCUT2D eigenvalue weighted by Gasteiger charge is -2.23. The van der Waals surface area contributed by atoms with Crippen molar-refractivity contribution < 1.29 is 4.79 Å². The normalized spacial score (nSPS) is 13.7. The number of amides is 1. The van der Waals surface area contributed by atoms with Crippen molar-refractivity contribution >= 4 is 5.91 Å². The van der Waals surface area contributed by atoms with Crippen molar-refractivity contribution in [2.45, 2.75) is 52.9 Å². The first kappa shape index (κ1) is 20.2. The van der Waals surface area contributed by atoms with Crippen LogP contribution in [-0.4, -0.2) is 12.5 Å². The first-order chi connectivity index (χ1) is 12.4. The highest BCUT2D eigenvalue weighted by Crippen LogP contribution is 2.24. The number of hydrogen-bond acceptors (Lipinski definition) is 1. The van der Waals surface area contributed by atoms with Crippen LogP contribution in [0.25, 0.3) is 0 Å². The summed E-state index contributed by atoms with van der Waals surface area (Å²) in [5, 5.41) is 3.17. The Labute approximate surface area is 159 Å². The number of nitrogens with one attached hydrogen (secondary N) is 1. The van der Waals surface area contributed by atoms with Crippen LogP contribution in [0.4, 0.5) is 0 Å². The van der Waals surface area contributed by atoms with Crippen LogP contribution in [0, 0.1) is 11.8 Å². The Morgan fingerprint density at radius 3 is 2.00 bits per heavy atom. The van der Waals surface area contributed by atoms with Gasteiger partial charge in [0, 0.05) is 12.5 Å². The molecule has 2 aromatic carbocycles. The zero-order valence-corrected chi connectivity index (χ0v) is 16.8. The molecule has 26 heavy (non-hydrogen) atoms. The van der Waals surface area contributed by atoms with Gasteiger partial charge in [-0.15, -0.1) is 0 Å². The van der Waals surface area contributed by atoms with Crippen LogP contribution in [0.15, 0.2) is 54.6 Å². The summed E-state index contributed by atoms with van der Waals surface area (Å²) in [5.41, 5.74) is 3.70. The van der Waals surface area contributed by atoms with Crippen molar-refractivity contribution in [3.05, 3.63) is 71.3 Å². The van der Waals surface area contributed by atoms with E-state index in [1.54, 1.807) is 0 Å². The van der Waals surface area contributed by atoms with Crippen molar-refractivity contribution in [1.29, 1.82) is 0 Å². The topological polar surface area (TPSA) is 29.1 Å². The van der Waals surface area contributed by atoms with E-state index in [0.717, 1.165) is 12.0 Å². The molecule has 0 fully saturated rings. The number of carbonyl (C=O) groups is 1. The molecule has 2 aromatic rings. The van der Waals surface area contributed by atoms with E-state index in [2.05, 4.69) is 81.5 Å². The molecule has 1 amide bonds. The van der Waals surface area contributed by atoms with Crippen LogP contribution >= 0.6 is 0 Å². The van der Waals surface area contributed by atoms with Crippen molar-refractivity contribution in [3.63, 3.8) is 0 Å². The zero-order chi connectivity index (χ0) is 19.1. The number of rotatable bonds is 8. The maximum Gasteiger partial charge on any atom is 0.227 e. The Balaban J connectivity index is 1.97. The van der Waals surface area contributed by atoms with Gasteiger partial charge in [-0.3, -0.25) is 4.79 Å². The Kier molecular flexibility index (Phi) is 7.44. The summed E-state index contributed by atoms with van der Waals surface area (Å²) >= 11 is 0. The minimum atomic E-state index is -0.133. The maximum absolute atomic E-state index is 12.7. The van der Waals surface area contributed by atoms with E-state index in [-0.39, 0.29) is 11.8 Å². The molecule has 0 unspecified atom stereocenters. The molecule has 0 aliphatic carbocycles. The van der Waals surface area contributed by atoms with Gasteiger partial charge in [0.1, 0.15) is 0 Å². The molecule has 0 radical (unpaired) electrons. The molecular formula is C24H33NO. The monoisotopic (exact) mass is 351 g/mol. The predicted octanol–water partition coefficient (Wildman–Crippen LogP) is 5.54. The summed E-state index contributed by atoms with van der Waals surface area (Å²) in [7, 11) is 0. The van der Waals surface area contributed by atoms with Gasteiger partial charge in [-0.2, -0.15) is 0 Å². The van der Waals surface area contributed by atoms with Crippen molar-refractivity contribution in [2.24, 2.45) is 11.8 Å². The lowest BCUT2D eigenvalue weighted by molar-refractivity contribution is -0.122. The van der Waals surface area contributed by atoms with Gasteiger partial charge in [0.15, 0.2) is 0 Å². The second kappa shape index (κ2) is 9.56. The van der Waals surface area contributed by atoms with E-state index in [1.807, 2.05) is 13.0 Å². The smallest absolute Gasteiger partial charge is 0.227 e. The van der Waals surface area contributed by atoms with Crippen LogP contribution in [0.1, 0.15) is 63.1 Å². The molecule has 2 nitrogen and oxygen atoms in total. The van der Waals surface area contributed by atoms with E-state index in [9.17, 15) is 4.79 Å². The molecule has 1 N–H and O–H groups in total. The molecule has 0 saturated heterocycles. The third-order valence-electron chi connectivity index (χ3n) is 5.05. The summed E-state index contributed by atoms with van der Waals surface area (Å²) in [5.74, 6) is 1.42. The molecule has 2 heteroatoms. The number of carbonyl (C=O) groups excluding carboxylic acids is 1. The Hall–Kier alpha value is -2.09. The first-order valence-corrected chi connectivity index (χ1v) is 9.80. The highest BCUT2D eigenvalue weighted by molar-refractivity contribution is 5.83. The summed E-state index contributed by atoms with van der Waals surface area (Å²) in [6.07, 6.45) is 1.08. The van der Waals surface area contributed by atoms with Gasteiger partial charge in [0.05, 0.1) is 5.92 Å². The molecular weight excluding hydrogens is 318 g/mol. The number of hydrogen-bond donors (Lipinski definition) is 1. The van der Waals surface area contributed by atoms with Gasteiger partial charge in [-0.1, -0.05) is 82.3 Å². The fourth-order valence-electron chi connectivity index (χ4n) is 3.37. The molecule has 0 aliphatic rings. The third kappa shape index (κ3) is 5.72. The quantitative estimate of drug-likeness (QED) is 0.664. The molecule has 0 saturated carbocycles. The van der Waals surface area contributed by atoms with Gasteiger partial charge >= 0.3 is 0 Å². The van der Waals surface area contributed by atoms with Gasteiger partial charge in [-0.05, 0) is 41.9 Å². The molecule has 2 rings (SSSR count). The molecule has 0 aromatic heterocycles. The highest BCUT2D eigenvalue weighted by Gasteiger charge is 2.20. The fraction of sp³-hybridized carbons (Fsp3) is 0.458. The van der Waals surface area contributed by atoms with Crippen molar-refractivity contribution in [1.82, 2.24) is 5.32 Å². The SMILES string of the molecule is CC(C)Cc1ccc([C@H](C)C(=O)NC[C@@H](c2ccccc2)C(C)C)cc1. The van der Waals surface area contributed by atoms with E-state index < -0.39 is 0 Å². The van der Waals surface area contributed by atoms with E-state index >= 15 is 0 Å². The van der Waals surface area contributed by atoms with Crippen molar-refractivity contribution in [3.8, 4) is 0 Å². The second-order valence-electron chi connectivity index (χ2n) is 8.07. The van der Waals surface area contributed by atoms with Gasteiger partial charge < -0.3 is 5.32 Å². The third-order valence-corrected chi connectivity index (χ3v) is 5.05. The summed E-state index contributed by atoms with van der Waals surface area (Å²) in [4.78, 5) is 12.7. The van der Waals surface area contributed by atoms with E-state index in [0.29, 0.717) is 24.3 Å². The van der Waals surface area contributed by atoms with Crippen LogP contribution in [0.5, 0.6) is 0 Å². The summed E-state index contributed by atoms with van der Waals surface area (Å²) < 4.78 is 0. The summed E-state index contributed by atoms with van der Waals surface area (Å²) in [6.45, 7) is 11.5. The average molecular weight is 352 g/mol. The van der Waals surface area contributed by atoms with Gasteiger partial charge in [0.2, 0.25) is 5.91 Å². The largest absolute Gasteiger partial charge is 0.355 e. The molecule has 0 aliphatic heterocycles. The Bertz CT molecular complexity index is 673. The summed E-state index contributed by atoms with van der Waals surface area (Å²) in [6, 6.07) is 19.0. The van der Waals surface area contributed by atoms with Crippen molar-refractivity contribution in [2.75, 3.05) is 6.54 Å².